The first kappa shape index (κ1) is 20.6. The molecule has 0 unspecified atom stereocenters. The number of ether oxygens (including phenoxy) is 1. The number of hydrogen-bond acceptors (Lipinski definition) is 3. The predicted octanol–water partition coefficient (Wildman–Crippen LogP) is 3.94. The van der Waals surface area contributed by atoms with E-state index in [1.54, 1.807) is 24.3 Å². The second-order valence-corrected chi connectivity index (χ2v) is 6.76. The Morgan fingerprint density at radius 2 is 1.63 bits per heavy atom. The molecule has 2 atom stereocenters. The molecule has 0 aliphatic carbocycles. The minimum Gasteiger partial charge on any atom is -0.478 e. The summed E-state index contributed by atoms with van der Waals surface area (Å²) in [6.45, 7) is 5.81. The van der Waals surface area contributed by atoms with Crippen LogP contribution in [0.3, 0.4) is 0 Å². The third kappa shape index (κ3) is 5.89. The van der Waals surface area contributed by atoms with Crippen molar-refractivity contribution >= 4 is 11.9 Å². The highest BCUT2D eigenvalue weighted by molar-refractivity contribution is 5.87. The largest absolute Gasteiger partial charge is 0.478 e. The zero-order valence-corrected chi connectivity index (χ0v) is 15.6. The van der Waals surface area contributed by atoms with Crippen LogP contribution in [0.25, 0.3) is 0 Å². The summed E-state index contributed by atoms with van der Waals surface area (Å²) in [5.41, 5.74) is 1.78. The average Bonchev–Trinajstić information content (AvgIpc) is 2.63. The molecule has 0 aliphatic rings. The topological polar surface area (TPSA) is 75.6 Å². The van der Waals surface area contributed by atoms with Crippen LogP contribution in [0.15, 0.2) is 48.5 Å². The normalized spacial score (nSPS) is 13.2. The number of amides is 1. The van der Waals surface area contributed by atoms with Crippen molar-refractivity contribution in [3.8, 4) is 0 Å². The number of nitrogens with one attached hydrogen (secondary N) is 1. The highest BCUT2D eigenvalue weighted by Crippen LogP contribution is 2.17. The zero-order valence-electron chi connectivity index (χ0n) is 15.6. The lowest BCUT2D eigenvalue weighted by atomic mass is 10.0. The van der Waals surface area contributed by atoms with Gasteiger partial charge in [0.05, 0.1) is 18.2 Å². The van der Waals surface area contributed by atoms with E-state index in [0.717, 1.165) is 11.1 Å². The van der Waals surface area contributed by atoms with E-state index in [1.807, 2.05) is 20.8 Å². The van der Waals surface area contributed by atoms with E-state index < -0.39 is 12.1 Å². The molecule has 0 saturated heterocycles. The highest BCUT2D eigenvalue weighted by atomic mass is 19.1. The van der Waals surface area contributed by atoms with Gasteiger partial charge in [0.15, 0.2) is 0 Å². The lowest BCUT2D eigenvalue weighted by molar-refractivity contribution is -0.137. The smallest absolute Gasteiger partial charge is 0.335 e. The zero-order chi connectivity index (χ0) is 20.0. The van der Waals surface area contributed by atoms with Gasteiger partial charge in [-0.2, -0.15) is 0 Å². The maximum atomic E-state index is 13.0. The SMILES string of the molecule is CC(C)[C@@H](OCc1ccc(F)cc1)C(=O)N[C@@H](C)c1ccc(C(=O)O)cc1. The van der Waals surface area contributed by atoms with Crippen molar-refractivity contribution in [2.75, 3.05) is 0 Å². The molecule has 0 aromatic heterocycles. The molecule has 0 fully saturated rings. The summed E-state index contributed by atoms with van der Waals surface area (Å²) in [7, 11) is 0. The average molecular weight is 373 g/mol. The number of carboxylic acids is 1. The molecule has 0 spiro atoms. The van der Waals surface area contributed by atoms with E-state index in [1.165, 1.54) is 24.3 Å². The Hall–Kier alpha value is -2.73. The molecule has 0 heterocycles. The van der Waals surface area contributed by atoms with Gasteiger partial charge in [0, 0.05) is 0 Å². The molecular weight excluding hydrogens is 349 g/mol. The van der Waals surface area contributed by atoms with Crippen LogP contribution < -0.4 is 5.32 Å². The van der Waals surface area contributed by atoms with Gasteiger partial charge in [-0.3, -0.25) is 4.79 Å². The first-order valence-electron chi connectivity index (χ1n) is 8.77. The van der Waals surface area contributed by atoms with Crippen LogP contribution in [0.2, 0.25) is 0 Å². The summed E-state index contributed by atoms with van der Waals surface area (Å²) in [5.74, 6) is -1.61. The van der Waals surface area contributed by atoms with Crippen LogP contribution in [0, 0.1) is 11.7 Å². The quantitative estimate of drug-likeness (QED) is 0.735. The Morgan fingerprint density at radius 3 is 2.15 bits per heavy atom. The molecule has 2 N–H and O–H groups in total. The third-order valence-electron chi connectivity index (χ3n) is 4.22. The third-order valence-corrected chi connectivity index (χ3v) is 4.22. The molecule has 2 aromatic rings. The van der Waals surface area contributed by atoms with E-state index in [-0.39, 0.29) is 35.9 Å². The van der Waals surface area contributed by atoms with Crippen molar-refractivity contribution in [2.24, 2.45) is 5.92 Å². The first-order valence-corrected chi connectivity index (χ1v) is 8.77. The van der Waals surface area contributed by atoms with Crippen LogP contribution in [0.1, 0.15) is 48.3 Å². The Morgan fingerprint density at radius 1 is 1.04 bits per heavy atom. The van der Waals surface area contributed by atoms with Gasteiger partial charge in [-0.05, 0) is 48.2 Å². The van der Waals surface area contributed by atoms with Crippen molar-refractivity contribution in [1.29, 1.82) is 0 Å². The van der Waals surface area contributed by atoms with Crippen molar-refractivity contribution < 1.29 is 23.8 Å². The van der Waals surface area contributed by atoms with Gasteiger partial charge in [-0.1, -0.05) is 38.1 Å². The number of carbonyl (C=O) groups excluding carboxylic acids is 1. The van der Waals surface area contributed by atoms with Crippen molar-refractivity contribution in [1.82, 2.24) is 5.32 Å². The van der Waals surface area contributed by atoms with Crippen molar-refractivity contribution in [3.63, 3.8) is 0 Å². The molecule has 0 aliphatic heterocycles. The van der Waals surface area contributed by atoms with Crippen LogP contribution in [-0.4, -0.2) is 23.1 Å². The van der Waals surface area contributed by atoms with Crippen molar-refractivity contribution in [2.45, 2.75) is 39.5 Å². The Bertz CT molecular complexity index is 772. The summed E-state index contributed by atoms with van der Waals surface area (Å²) in [5, 5.41) is 11.9. The maximum absolute atomic E-state index is 13.0. The summed E-state index contributed by atoms with van der Waals surface area (Å²) < 4.78 is 18.7. The minimum atomic E-state index is -0.993. The van der Waals surface area contributed by atoms with Crippen LogP contribution in [0.4, 0.5) is 4.39 Å². The fourth-order valence-corrected chi connectivity index (χ4v) is 2.63. The van der Waals surface area contributed by atoms with Crippen LogP contribution >= 0.6 is 0 Å². The first-order chi connectivity index (χ1) is 12.8. The summed E-state index contributed by atoms with van der Waals surface area (Å²) in [4.78, 5) is 23.6. The van der Waals surface area contributed by atoms with Gasteiger partial charge in [0.1, 0.15) is 11.9 Å². The minimum absolute atomic E-state index is 0.0490. The molecule has 6 heteroatoms. The number of carbonyl (C=O) groups is 2. The maximum Gasteiger partial charge on any atom is 0.335 e. The Labute approximate surface area is 158 Å². The molecule has 144 valence electrons. The number of benzene rings is 2. The predicted molar refractivity (Wildman–Crippen MR) is 99.8 cm³/mol. The van der Waals surface area contributed by atoms with Crippen LogP contribution in [-0.2, 0) is 16.1 Å². The molecular formula is C21H24FNO4. The molecule has 27 heavy (non-hydrogen) atoms. The molecule has 2 rings (SSSR count). The van der Waals surface area contributed by atoms with Gasteiger partial charge in [0.25, 0.3) is 0 Å². The molecule has 0 radical (unpaired) electrons. The van der Waals surface area contributed by atoms with Gasteiger partial charge in [-0.15, -0.1) is 0 Å². The standard InChI is InChI=1S/C21H24FNO4/c1-13(2)19(27-12-15-4-10-18(22)11-5-15)20(24)23-14(3)16-6-8-17(9-7-16)21(25)26/h4-11,13-14,19H,12H2,1-3H3,(H,23,24)(H,25,26)/t14-,19+/m0/s1. The fraction of sp³-hybridized carbons (Fsp3) is 0.333. The second-order valence-electron chi connectivity index (χ2n) is 6.76. The Balaban J connectivity index is 1.98. The second kappa shape index (κ2) is 9.28. The van der Waals surface area contributed by atoms with Crippen molar-refractivity contribution in [3.05, 3.63) is 71.0 Å². The lowest BCUT2D eigenvalue weighted by Crippen LogP contribution is -2.40. The molecule has 0 bridgehead atoms. The number of aromatic carboxylic acids is 1. The van der Waals surface area contributed by atoms with Gasteiger partial charge in [-0.25, -0.2) is 9.18 Å². The fourth-order valence-electron chi connectivity index (χ4n) is 2.63. The Kier molecular flexibility index (Phi) is 7.07. The van der Waals surface area contributed by atoms with E-state index >= 15 is 0 Å². The van der Waals surface area contributed by atoms with E-state index in [0.29, 0.717) is 0 Å². The highest BCUT2D eigenvalue weighted by Gasteiger charge is 2.24. The molecule has 5 nitrogen and oxygen atoms in total. The van der Waals surface area contributed by atoms with Gasteiger partial charge >= 0.3 is 5.97 Å². The lowest BCUT2D eigenvalue weighted by Gasteiger charge is -2.23. The number of hydrogen-bond donors (Lipinski definition) is 2. The number of halogens is 1. The summed E-state index contributed by atoms with van der Waals surface area (Å²) >= 11 is 0. The van der Waals surface area contributed by atoms with E-state index in [2.05, 4.69) is 5.32 Å². The molecule has 2 aromatic carbocycles. The monoisotopic (exact) mass is 373 g/mol. The van der Waals surface area contributed by atoms with E-state index in [9.17, 15) is 14.0 Å². The van der Waals surface area contributed by atoms with Gasteiger partial charge in [0.2, 0.25) is 5.91 Å². The molecule has 1 amide bonds. The van der Waals surface area contributed by atoms with Gasteiger partial charge < -0.3 is 15.2 Å². The molecule has 0 saturated carbocycles. The van der Waals surface area contributed by atoms with E-state index in [4.69, 9.17) is 9.84 Å². The summed E-state index contributed by atoms with van der Waals surface area (Å²) in [6.07, 6.45) is -0.657. The van der Waals surface area contributed by atoms with Crippen LogP contribution in [0.5, 0.6) is 0 Å². The number of rotatable bonds is 8. The summed E-state index contributed by atoms with van der Waals surface area (Å²) in [6, 6.07) is 12.0. The number of carboxylic acid groups (broad SMARTS) is 1.